The molecular formula is C13H18O5. The number of benzene rings is 1. The van der Waals surface area contributed by atoms with Gasteiger partial charge >= 0.3 is 11.9 Å². The number of hydrogen-bond donors (Lipinski definition) is 1. The number of methoxy groups -OCH3 is 1. The zero-order valence-corrected chi connectivity index (χ0v) is 11.0. The number of carboxylic acid groups (broad SMARTS) is 1. The quantitative estimate of drug-likeness (QED) is 0.816. The Morgan fingerprint density at radius 1 is 1.17 bits per heavy atom. The van der Waals surface area contributed by atoms with Crippen LogP contribution in [0.3, 0.4) is 0 Å². The lowest BCUT2D eigenvalue weighted by atomic mass is 10.2. The molecule has 1 rings (SSSR count). The molecule has 0 aliphatic heterocycles. The maximum atomic E-state index is 11.4. The number of ether oxygens (including phenoxy) is 3. The van der Waals surface area contributed by atoms with Crippen molar-refractivity contribution in [2.75, 3.05) is 7.11 Å². The number of aliphatic carboxylic acids is 1. The summed E-state index contributed by atoms with van der Waals surface area (Å²) in [6, 6.07) is 8.52. The SMILES string of the molecule is COC(Oc1ccccc1)(OC(C)(C)C)C(=O)O. The number of rotatable bonds is 5. The highest BCUT2D eigenvalue weighted by Gasteiger charge is 2.47. The van der Waals surface area contributed by atoms with E-state index in [4.69, 9.17) is 14.2 Å². The molecule has 0 saturated carbocycles. The lowest BCUT2D eigenvalue weighted by molar-refractivity contribution is -0.347. The monoisotopic (exact) mass is 254 g/mol. The number of carbonyl (C=O) groups is 1. The average molecular weight is 254 g/mol. The van der Waals surface area contributed by atoms with E-state index in [-0.39, 0.29) is 0 Å². The van der Waals surface area contributed by atoms with Crippen molar-refractivity contribution < 1.29 is 24.1 Å². The van der Waals surface area contributed by atoms with Crippen molar-refractivity contribution in [3.63, 3.8) is 0 Å². The summed E-state index contributed by atoms with van der Waals surface area (Å²) in [5.74, 6) is -3.14. The molecule has 0 amide bonds. The fraction of sp³-hybridized carbons (Fsp3) is 0.462. The van der Waals surface area contributed by atoms with Gasteiger partial charge in [-0.05, 0) is 32.9 Å². The second-order valence-corrected chi connectivity index (χ2v) is 4.70. The Morgan fingerprint density at radius 3 is 2.11 bits per heavy atom. The summed E-state index contributed by atoms with van der Waals surface area (Å²) in [6.07, 6.45) is 0. The Labute approximate surface area is 106 Å². The average Bonchev–Trinajstić information content (AvgIpc) is 2.27. The van der Waals surface area contributed by atoms with E-state index in [1.165, 1.54) is 7.11 Å². The van der Waals surface area contributed by atoms with E-state index in [1.807, 2.05) is 0 Å². The molecule has 18 heavy (non-hydrogen) atoms. The van der Waals surface area contributed by atoms with Crippen molar-refractivity contribution in [1.29, 1.82) is 0 Å². The Balaban J connectivity index is 3.01. The molecule has 0 aliphatic carbocycles. The smallest absolute Gasteiger partial charge is 0.432 e. The van der Waals surface area contributed by atoms with Gasteiger partial charge in [-0.15, -0.1) is 0 Å². The first-order chi connectivity index (χ1) is 8.29. The second-order valence-electron chi connectivity index (χ2n) is 4.70. The topological polar surface area (TPSA) is 65.0 Å². The molecule has 0 saturated heterocycles. The summed E-state index contributed by atoms with van der Waals surface area (Å²) in [7, 11) is 1.22. The Kier molecular flexibility index (Phi) is 4.32. The van der Waals surface area contributed by atoms with Crippen molar-refractivity contribution in [2.24, 2.45) is 0 Å². The van der Waals surface area contributed by atoms with Crippen LogP contribution in [0.4, 0.5) is 0 Å². The van der Waals surface area contributed by atoms with Gasteiger partial charge in [-0.25, -0.2) is 4.79 Å². The zero-order chi connectivity index (χ0) is 13.8. The molecular weight excluding hydrogens is 236 g/mol. The van der Waals surface area contributed by atoms with Gasteiger partial charge in [0, 0.05) is 7.11 Å². The standard InChI is InChI=1S/C13H18O5/c1-12(2,3)18-13(16-4,11(14)15)17-10-8-6-5-7-9-10/h5-9H,1-4H3,(H,14,15). The van der Waals surface area contributed by atoms with Crippen LogP contribution < -0.4 is 4.74 Å². The Hall–Kier alpha value is -1.59. The largest absolute Gasteiger partial charge is 0.474 e. The lowest BCUT2D eigenvalue weighted by Gasteiger charge is -2.33. The summed E-state index contributed by atoms with van der Waals surface area (Å²) in [4.78, 5) is 11.4. The molecule has 5 nitrogen and oxygen atoms in total. The second kappa shape index (κ2) is 5.37. The van der Waals surface area contributed by atoms with Crippen LogP contribution in [-0.4, -0.2) is 29.8 Å². The predicted octanol–water partition coefficient (Wildman–Crippen LogP) is 2.27. The molecule has 0 aliphatic rings. The highest BCUT2D eigenvalue weighted by atomic mass is 16.9. The maximum Gasteiger partial charge on any atom is 0.432 e. The number of para-hydroxylation sites is 1. The first kappa shape index (κ1) is 14.5. The molecule has 1 unspecified atom stereocenters. The van der Waals surface area contributed by atoms with Crippen LogP contribution in [0.1, 0.15) is 20.8 Å². The van der Waals surface area contributed by atoms with Gasteiger partial charge in [0.15, 0.2) is 0 Å². The van der Waals surface area contributed by atoms with Gasteiger partial charge in [0.25, 0.3) is 0 Å². The van der Waals surface area contributed by atoms with Crippen LogP contribution in [0.25, 0.3) is 0 Å². The van der Waals surface area contributed by atoms with E-state index in [1.54, 1.807) is 51.1 Å². The summed E-state index contributed by atoms with van der Waals surface area (Å²) in [5.41, 5.74) is -0.733. The molecule has 100 valence electrons. The van der Waals surface area contributed by atoms with Gasteiger partial charge in [0.2, 0.25) is 0 Å². The van der Waals surface area contributed by atoms with Gasteiger partial charge in [-0.3, -0.25) is 0 Å². The van der Waals surface area contributed by atoms with Crippen LogP contribution in [0.5, 0.6) is 5.75 Å². The third-order valence-corrected chi connectivity index (χ3v) is 1.97. The van der Waals surface area contributed by atoms with Crippen LogP contribution in [0, 0.1) is 0 Å². The van der Waals surface area contributed by atoms with Gasteiger partial charge in [-0.2, -0.15) is 0 Å². The van der Waals surface area contributed by atoms with Crippen LogP contribution in [0.2, 0.25) is 0 Å². The molecule has 0 spiro atoms. The van der Waals surface area contributed by atoms with E-state index in [0.717, 1.165) is 0 Å². The number of hydrogen-bond acceptors (Lipinski definition) is 4. The Bertz CT molecular complexity index is 396. The van der Waals surface area contributed by atoms with E-state index < -0.39 is 17.5 Å². The minimum atomic E-state index is -2.15. The normalized spacial score (nSPS) is 14.9. The van der Waals surface area contributed by atoms with Crippen LogP contribution >= 0.6 is 0 Å². The fourth-order valence-corrected chi connectivity index (χ4v) is 1.33. The summed E-state index contributed by atoms with van der Waals surface area (Å²) >= 11 is 0. The van der Waals surface area contributed by atoms with Crippen LogP contribution in [-0.2, 0) is 14.3 Å². The van der Waals surface area contributed by atoms with E-state index in [2.05, 4.69) is 0 Å². The molecule has 1 aromatic rings. The minimum absolute atomic E-state index is 0.353. The van der Waals surface area contributed by atoms with Crippen molar-refractivity contribution >= 4 is 5.97 Å². The van der Waals surface area contributed by atoms with Crippen molar-refractivity contribution in [2.45, 2.75) is 32.3 Å². The van der Waals surface area contributed by atoms with Gasteiger partial charge in [0.1, 0.15) is 5.75 Å². The molecule has 0 fully saturated rings. The molecule has 1 N–H and O–H groups in total. The minimum Gasteiger partial charge on any atom is -0.474 e. The molecule has 0 radical (unpaired) electrons. The van der Waals surface area contributed by atoms with Crippen molar-refractivity contribution in [3.05, 3.63) is 30.3 Å². The van der Waals surface area contributed by atoms with E-state index in [9.17, 15) is 9.90 Å². The molecule has 5 heteroatoms. The van der Waals surface area contributed by atoms with E-state index in [0.29, 0.717) is 5.75 Å². The molecule has 1 aromatic carbocycles. The molecule has 1 atom stereocenters. The highest BCUT2D eigenvalue weighted by molar-refractivity contribution is 5.74. The van der Waals surface area contributed by atoms with Crippen molar-refractivity contribution in [1.82, 2.24) is 0 Å². The van der Waals surface area contributed by atoms with Gasteiger partial charge in [-0.1, -0.05) is 18.2 Å². The molecule has 0 heterocycles. The lowest BCUT2D eigenvalue weighted by Crippen LogP contribution is -2.53. The maximum absolute atomic E-state index is 11.4. The predicted molar refractivity (Wildman–Crippen MR) is 65.3 cm³/mol. The van der Waals surface area contributed by atoms with Crippen LogP contribution in [0.15, 0.2) is 30.3 Å². The molecule has 0 aromatic heterocycles. The van der Waals surface area contributed by atoms with Gasteiger partial charge < -0.3 is 19.3 Å². The summed E-state index contributed by atoms with van der Waals surface area (Å²) < 4.78 is 15.7. The fourth-order valence-electron chi connectivity index (χ4n) is 1.33. The molecule has 0 bridgehead atoms. The first-order valence-electron chi connectivity index (χ1n) is 5.52. The summed E-state index contributed by atoms with van der Waals surface area (Å²) in [6.45, 7) is 5.16. The first-order valence-corrected chi connectivity index (χ1v) is 5.52. The van der Waals surface area contributed by atoms with Gasteiger partial charge in [0.05, 0.1) is 5.60 Å². The third-order valence-electron chi connectivity index (χ3n) is 1.97. The number of carboxylic acids is 1. The Morgan fingerprint density at radius 2 is 1.72 bits per heavy atom. The van der Waals surface area contributed by atoms with Crippen molar-refractivity contribution in [3.8, 4) is 5.75 Å². The highest BCUT2D eigenvalue weighted by Crippen LogP contribution is 2.26. The third kappa shape index (κ3) is 3.72. The zero-order valence-electron chi connectivity index (χ0n) is 11.0. The van der Waals surface area contributed by atoms with E-state index >= 15 is 0 Å². The summed E-state index contributed by atoms with van der Waals surface area (Å²) in [5, 5.41) is 9.27.